The molecular weight excluding hydrogens is 202 g/mol. The quantitative estimate of drug-likeness (QED) is 0.599. The van der Waals surface area contributed by atoms with Crippen molar-refractivity contribution >= 4 is 11.8 Å². The molecule has 2 unspecified atom stereocenters. The van der Waals surface area contributed by atoms with Crippen LogP contribution in [0.2, 0.25) is 0 Å². The Morgan fingerprint density at radius 3 is 2.88 bits per heavy atom. The fraction of sp³-hybridized carbons (Fsp3) is 0.455. The van der Waals surface area contributed by atoms with Crippen LogP contribution < -0.4 is 16.8 Å². The van der Waals surface area contributed by atoms with Crippen molar-refractivity contribution in [1.29, 1.82) is 0 Å². The molecule has 2 rings (SSSR count). The highest BCUT2D eigenvalue weighted by molar-refractivity contribution is 5.99. The average molecular weight is 219 g/mol. The van der Waals surface area contributed by atoms with Crippen LogP contribution in [-0.4, -0.2) is 31.4 Å². The standard InChI is InChI=1S/C11H17N5/c1-6-7(5-14-2)3-4-8-9(6)10(12)16-11(13)15-8/h3-4,8-9,14H,5H2,1-2H3,(H4,12,13,15,16). The lowest BCUT2D eigenvalue weighted by Crippen LogP contribution is -2.40. The van der Waals surface area contributed by atoms with Crippen LogP contribution in [0.3, 0.4) is 0 Å². The highest BCUT2D eigenvalue weighted by Crippen LogP contribution is 2.29. The predicted molar refractivity (Wildman–Crippen MR) is 66.3 cm³/mol. The van der Waals surface area contributed by atoms with Gasteiger partial charge in [-0.25, -0.2) is 9.98 Å². The molecule has 5 heteroatoms. The molecule has 0 aromatic rings. The van der Waals surface area contributed by atoms with E-state index in [2.05, 4.69) is 28.3 Å². The Kier molecular flexibility index (Phi) is 2.78. The molecule has 0 spiro atoms. The number of nitrogens with two attached hydrogens (primary N) is 2. The molecule has 0 aromatic carbocycles. The molecule has 0 saturated carbocycles. The summed E-state index contributed by atoms with van der Waals surface area (Å²) < 4.78 is 0. The van der Waals surface area contributed by atoms with Crippen LogP contribution in [0.1, 0.15) is 6.92 Å². The van der Waals surface area contributed by atoms with Gasteiger partial charge in [0.15, 0.2) is 0 Å². The van der Waals surface area contributed by atoms with E-state index < -0.39 is 0 Å². The molecule has 0 aromatic heterocycles. The summed E-state index contributed by atoms with van der Waals surface area (Å²) in [5.74, 6) is 0.905. The molecule has 0 saturated heterocycles. The average Bonchev–Trinajstić information content (AvgIpc) is 2.21. The van der Waals surface area contributed by atoms with E-state index >= 15 is 0 Å². The molecular formula is C11H17N5. The Balaban J connectivity index is 2.35. The smallest absolute Gasteiger partial charge is 0.217 e. The molecule has 1 heterocycles. The van der Waals surface area contributed by atoms with Crippen LogP contribution in [0.4, 0.5) is 0 Å². The van der Waals surface area contributed by atoms with Crippen LogP contribution in [-0.2, 0) is 0 Å². The second kappa shape index (κ2) is 4.09. The topological polar surface area (TPSA) is 88.8 Å². The van der Waals surface area contributed by atoms with E-state index in [0.29, 0.717) is 5.84 Å². The number of aliphatic imine (C=N–C) groups is 2. The zero-order valence-electron chi connectivity index (χ0n) is 9.57. The van der Waals surface area contributed by atoms with E-state index in [1.807, 2.05) is 13.1 Å². The number of nitrogens with zero attached hydrogens (tertiary/aromatic N) is 2. The maximum absolute atomic E-state index is 5.93. The first-order valence-electron chi connectivity index (χ1n) is 5.33. The maximum Gasteiger partial charge on any atom is 0.217 e. The van der Waals surface area contributed by atoms with Crippen LogP contribution in [0, 0.1) is 5.92 Å². The van der Waals surface area contributed by atoms with Gasteiger partial charge in [0, 0.05) is 6.54 Å². The summed E-state index contributed by atoms with van der Waals surface area (Å²) in [7, 11) is 1.93. The SMILES string of the molecule is CNCC1=C(C)C2C(N)=NC(N)=NC2C=C1. The summed E-state index contributed by atoms with van der Waals surface area (Å²) in [4.78, 5) is 8.33. The minimum atomic E-state index is 0.0121. The van der Waals surface area contributed by atoms with Crippen molar-refractivity contribution in [2.24, 2.45) is 27.4 Å². The summed E-state index contributed by atoms with van der Waals surface area (Å²) in [6.07, 6.45) is 4.13. The van der Waals surface area contributed by atoms with Gasteiger partial charge in [-0.2, -0.15) is 0 Å². The maximum atomic E-state index is 5.93. The number of hydrogen-bond donors (Lipinski definition) is 3. The number of rotatable bonds is 2. The van der Waals surface area contributed by atoms with E-state index in [9.17, 15) is 0 Å². The number of guanidine groups is 1. The van der Waals surface area contributed by atoms with Gasteiger partial charge in [0.25, 0.3) is 0 Å². The van der Waals surface area contributed by atoms with Crippen molar-refractivity contribution in [3.63, 3.8) is 0 Å². The van der Waals surface area contributed by atoms with E-state index in [-0.39, 0.29) is 17.9 Å². The lowest BCUT2D eigenvalue weighted by atomic mass is 9.83. The van der Waals surface area contributed by atoms with Gasteiger partial charge in [-0.3, -0.25) is 0 Å². The highest BCUT2D eigenvalue weighted by Gasteiger charge is 2.31. The first-order valence-corrected chi connectivity index (χ1v) is 5.33. The minimum Gasteiger partial charge on any atom is -0.386 e. The predicted octanol–water partition coefficient (Wildman–Crippen LogP) is -0.238. The van der Waals surface area contributed by atoms with Crippen LogP contribution in [0.25, 0.3) is 0 Å². The largest absolute Gasteiger partial charge is 0.386 e. The van der Waals surface area contributed by atoms with Gasteiger partial charge in [-0.1, -0.05) is 17.7 Å². The third-order valence-corrected chi connectivity index (χ3v) is 3.02. The van der Waals surface area contributed by atoms with Gasteiger partial charge >= 0.3 is 0 Å². The number of amidine groups is 1. The van der Waals surface area contributed by atoms with E-state index in [1.54, 1.807) is 0 Å². The Morgan fingerprint density at radius 2 is 2.19 bits per heavy atom. The second-order valence-electron chi connectivity index (χ2n) is 4.09. The van der Waals surface area contributed by atoms with Gasteiger partial charge in [0.05, 0.1) is 12.0 Å². The normalized spacial score (nSPS) is 28.6. The molecule has 5 nitrogen and oxygen atoms in total. The van der Waals surface area contributed by atoms with Crippen molar-refractivity contribution in [2.45, 2.75) is 13.0 Å². The summed E-state index contributed by atoms with van der Waals surface area (Å²) in [6.45, 7) is 2.91. The fourth-order valence-corrected chi connectivity index (χ4v) is 2.20. The van der Waals surface area contributed by atoms with Gasteiger partial charge < -0.3 is 16.8 Å². The van der Waals surface area contributed by atoms with E-state index in [0.717, 1.165) is 6.54 Å². The molecule has 5 N–H and O–H groups in total. The monoisotopic (exact) mass is 219 g/mol. The zero-order chi connectivity index (χ0) is 11.7. The van der Waals surface area contributed by atoms with Gasteiger partial charge in [-0.05, 0) is 19.5 Å². The Hall–Kier alpha value is -1.62. The summed E-state index contributed by atoms with van der Waals surface area (Å²) >= 11 is 0. The van der Waals surface area contributed by atoms with Gasteiger partial charge in [0.1, 0.15) is 5.84 Å². The molecule has 1 aliphatic heterocycles. The second-order valence-corrected chi connectivity index (χ2v) is 4.09. The lowest BCUT2D eigenvalue weighted by molar-refractivity contribution is 0.652. The summed E-state index contributed by atoms with van der Waals surface area (Å²) in [6, 6.07) is 0.0121. The Labute approximate surface area is 95.0 Å². The zero-order valence-corrected chi connectivity index (χ0v) is 9.57. The van der Waals surface area contributed by atoms with Crippen molar-refractivity contribution in [3.05, 3.63) is 23.3 Å². The van der Waals surface area contributed by atoms with Crippen molar-refractivity contribution in [3.8, 4) is 0 Å². The van der Waals surface area contributed by atoms with Crippen LogP contribution >= 0.6 is 0 Å². The molecule has 2 aliphatic rings. The van der Waals surface area contributed by atoms with Crippen molar-refractivity contribution < 1.29 is 0 Å². The summed E-state index contributed by atoms with van der Waals surface area (Å²) in [5, 5.41) is 3.14. The van der Waals surface area contributed by atoms with Gasteiger partial charge in [-0.15, -0.1) is 0 Å². The minimum absolute atomic E-state index is 0.0121. The third-order valence-electron chi connectivity index (χ3n) is 3.02. The molecule has 0 radical (unpaired) electrons. The van der Waals surface area contributed by atoms with Crippen molar-refractivity contribution in [2.75, 3.05) is 13.6 Å². The van der Waals surface area contributed by atoms with E-state index in [4.69, 9.17) is 11.5 Å². The third kappa shape index (κ3) is 1.74. The Morgan fingerprint density at radius 1 is 1.44 bits per heavy atom. The fourth-order valence-electron chi connectivity index (χ4n) is 2.20. The first kappa shape index (κ1) is 10.9. The molecule has 1 aliphatic carbocycles. The summed E-state index contributed by atoms with van der Waals surface area (Å²) in [5.41, 5.74) is 14.0. The number of likely N-dealkylation sites (N-methyl/N-ethyl adjacent to an activating group) is 1. The van der Waals surface area contributed by atoms with Crippen LogP contribution in [0.15, 0.2) is 33.3 Å². The molecule has 0 fully saturated rings. The number of hydrogen-bond acceptors (Lipinski definition) is 5. The van der Waals surface area contributed by atoms with Crippen LogP contribution in [0.5, 0.6) is 0 Å². The molecule has 0 amide bonds. The molecule has 2 atom stereocenters. The highest BCUT2D eigenvalue weighted by atomic mass is 15.1. The molecule has 86 valence electrons. The van der Waals surface area contributed by atoms with Gasteiger partial charge in [0.2, 0.25) is 5.96 Å². The first-order chi connectivity index (χ1) is 7.63. The number of nitrogens with one attached hydrogen (secondary N) is 1. The Bertz CT molecular complexity index is 416. The molecule has 0 bridgehead atoms. The van der Waals surface area contributed by atoms with E-state index in [1.165, 1.54) is 11.1 Å². The number of fused-ring (bicyclic) bond motifs is 1. The lowest BCUT2D eigenvalue weighted by Gasteiger charge is -2.30. The van der Waals surface area contributed by atoms with Crippen molar-refractivity contribution in [1.82, 2.24) is 5.32 Å². The molecule has 16 heavy (non-hydrogen) atoms.